The molecular weight excluding hydrogens is 465 g/mol. The largest absolute Gasteiger partial charge is 0.378 e. The van der Waals surface area contributed by atoms with Crippen LogP contribution in [0.25, 0.3) is 0 Å². The molecule has 2 aromatic rings. The molecule has 31 heavy (non-hydrogen) atoms. The normalized spacial score (nSPS) is 18.4. The Morgan fingerprint density at radius 3 is 2.52 bits per heavy atom. The molecule has 2 saturated heterocycles. The van der Waals surface area contributed by atoms with Crippen LogP contribution in [-0.2, 0) is 19.6 Å². The highest BCUT2D eigenvalue weighted by atomic mass is 32.2. The lowest BCUT2D eigenvalue weighted by molar-refractivity contribution is -0.129. The third kappa shape index (κ3) is 5.17. The van der Waals surface area contributed by atoms with Crippen molar-refractivity contribution in [1.29, 1.82) is 0 Å². The Kier molecular flexibility index (Phi) is 7.06. The number of carbonyl (C=O) groups excluding carboxylic acids is 1. The number of benzene rings is 1. The minimum absolute atomic E-state index is 0.0870. The van der Waals surface area contributed by atoms with Gasteiger partial charge in [-0.25, -0.2) is 12.8 Å². The molecule has 0 spiro atoms. The molecule has 0 radical (unpaired) electrons. The van der Waals surface area contributed by atoms with Crippen LogP contribution in [-0.4, -0.2) is 92.0 Å². The Morgan fingerprint density at radius 1 is 1.10 bits per heavy atom. The van der Waals surface area contributed by atoms with E-state index in [9.17, 15) is 17.6 Å². The van der Waals surface area contributed by atoms with Gasteiger partial charge >= 0.3 is 0 Å². The van der Waals surface area contributed by atoms with E-state index in [0.717, 1.165) is 28.6 Å². The Bertz CT molecular complexity index is 1020. The van der Waals surface area contributed by atoms with Crippen molar-refractivity contribution in [3.8, 4) is 0 Å². The van der Waals surface area contributed by atoms with Crippen LogP contribution < -0.4 is 4.90 Å². The number of piperazine rings is 1. The first-order valence-corrected chi connectivity index (χ1v) is 13.0. The number of sulfonamides is 1. The van der Waals surface area contributed by atoms with Crippen LogP contribution in [0, 0.1) is 5.82 Å². The first kappa shape index (κ1) is 22.4. The third-order valence-electron chi connectivity index (χ3n) is 5.04. The molecular formula is C18H22FN5O4S3. The molecule has 0 saturated carbocycles. The highest BCUT2D eigenvalue weighted by molar-refractivity contribution is 8.01. The molecule has 1 aromatic heterocycles. The second kappa shape index (κ2) is 9.77. The summed E-state index contributed by atoms with van der Waals surface area (Å²) in [5.41, 5.74) is 0. The zero-order valence-corrected chi connectivity index (χ0v) is 19.1. The van der Waals surface area contributed by atoms with E-state index in [2.05, 4.69) is 15.1 Å². The molecule has 2 aliphatic heterocycles. The summed E-state index contributed by atoms with van der Waals surface area (Å²) >= 11 is 2.77. The number of halogens is 1. The Hall–Kier alpha value is -1.80. The van der Waals surface area contributed by atoms with Crippen molar-refractivity contribution in [1.82, 2.24) is 19.4 Å². The van der Waals surface area contributed by atoms with Gasteiger partial charge in [-0.05, 0) is 12.1 Å². The molecule has 0 N–H and O–H groups in total. The fourth-order valence-corrected chi connectivity index (χ4v) is 6.61. The van der Waals surface area contributed by atoms with Gasteiger partial charge in [0.1, 0.15) is 10.7 Å². The van der Waals surface area contributed by atoms with Crippen molar-refractivity contribution in [2.45, 2.75) is 9.24 Å². The molecule has 13 heteroatoms. The van der Waals surface area contributed by atoms with Gasteiger partial charge in [-0.1, -0.05) is 35.2 Å². The van der Waals surface area contributed by atoms with Gasteiger partial charge in [0.15, 0.2) is 4.34 Å². The van der Waals surface area contributed by atoms with Crippen LogP contribution in [0.2, 0.25) is 0 Å². The number of aromatic nitrogens is 2. The summed E-state index contributed by atoms with van der Waals surface area (Å²) in [4.78, 5) is 16.0. The average molecular weight is 488 g/mol. The molecule has 0 unspecified atom stereocenters. The van der Waals surface area contributed by atoms with Gasteiger partial charge in [0.2, 0.25) is 21.1 Å². The molecule has 0 aliphatic carbocycles. The minimum Gasteiger partial charge on any atom is -0.378 e. The summed E-state index contributed by atoms with van der Waals surface area (Å²) in [6.45, 7) is 3.68. The monoisotopic (exact) mass is 487 g/mol. The number of hydrogen-bond acceptors (Lipinski definition) is 9. The topological polar surface area (TPSA) is 95.9 Å². The number of anilines is 1. The maximum atomic E-state index is 13.9. The standard InChI is InChI=1S/C18H22FN5O4S3/c19-14-3-1-2-4-15(14)31(26,27)24-7-5-22(6-8-24)16(25)13-29-18-21-20-17(30-18)23-9-11-28-12-10-23/h1-4H,5-13H2. The van der Waals surface area contributed by atoms with Gasteiger partial charge in [-0.15, -0.1) is 10.2 Å². The van der Waals surface area contributed by atoms with Crippen molar-refractivity contribution in [2.24, 2.45) is 0 Å². The molecule has 1 amide bonds. The van der Waals surface area contributed by atoms with E-state index in [1.807, 2.05) is 0 Å². The zero-order chi connectivity index (χ0) is 21.8. The lowest BCUT2D eigenvalue weighted by atomic mass is 10.3. The Labute approximate surface area is 188 Å². The van der Waals surface area contributed by atoms with Gasteiger partial charge in [-0.3, -0.25) is 4.79 Å². The number of amides is 1. The van der Waals surface area contributed by atoms with E-state index in [1.165, 1.54) is 45.6 Å². The number of rotatable bonds is 6. The summed E-state index contributed by atoms with van der Waals surface area (Å²) in [5.74, 6) is -0.653. The van der Waals surface area contributed by atoms with E-state index in [0.29, 0.717) is 13.2 Å². The lowest BCUT2D eigenvalue weighted by Gasteiger charge is -2.34. The summed E-state index contributed by atoms with van der Waals surface area (Å²) < 4.78 is 46.6. The van der Waals surface area contributed by atoms with Crippen LogP contribution in [0.15, 0.2) is 33.5 Å². The number of thioether (sulfide) groups is 1. The molecule has 2 aliphatic rings. The Balaban J connectivity index is 1.28. The maximum Gasteiger partial charge on any atom is 0.246 e. The number of morpholine rings is 1. The molecule has 1 aromatic carbocycles. The molecule has 168 valence electrons. The molecule has 4 rings (SSSR count). The van der Waals surface area contributed by atoms with Crippen molar-refractivity contribution in [3.63, 3.8) is 0 Å². The Morgan fingerprint density at radius 2 is 1.81 bits per heavy atom. The molecule has 0 bridgehead atoms. The highest BCUT2D eigenvalue weighted by Gasteiger charge is 2.31. The van der Waals surface area contributed by atoms with Gasteiger partial charge < -0.3 is 14.5 Å². The van der Waals surface area contributed by atoms with E-state index < -0.39 is 15.8 Å². The van der Waals surface area contributed by atoms with Crippen LogP contribution in [0.1, 0.15) is 0 Å². The maximum absolute atomic E-state index is 13.9. The zero-order valence-electron chi connectivity index (χ0n) is 16.6. The fraction of sp³-hybridized carbons (Fsp3) is 0.500. The lowest BCUT2D eigenvalue weighted by Crippen LogP contribution is -2.51. The third-order valence-corrected chi connectivity index (χ3v) is 9.08. The van der Waals surface area contributed by atoms with Crippen LogP contribution in [0.4, 0.5) is 9.52 Å². The summed E-state index contributed by atoms with van der Waals surface area (Å²) in [7, 11) is -3.92. The van der Waals surface area contributed by atoms with Crippen molar-refractivity contribution < 1.29 is 22.3 Å². The molecule has 0 atom stereocenters. The summed E-state index contributed by atoms with van der Waals surface area (Å²) in [6, 6.07) is 5.32. The highest BCUT2D eigenvalue weighted by Crippen LogP contribution is 2.29. The van der Waals surface area contributed by atoms with Gasteiger partial charge in [0.25, 0.3) is 0 Å². The van der Waals surface area contributed by atoms with Crippen molar-refractivity contribution in [3.05, 3.63) is 30.1 Å². The molecule has 9 nitrogen and oxygen atoms in total. The van der Waals surface area contributed by atoms with Crippen molar-refractivity contribution >= 4 is 44.2 Å². The fourth-order valence-electron chi connectivity index (χ4n) is 3.33. The summed E-state index contributed by atoms with van der Waals surface area (Å²) in [5, 5.41) is 9.17. The van der Waals surface area contributed by atoms with Gasteiger partial charge in [0, 0.05) is 39.3 Å². The van der Waals surface area contributed by atoms with Crippen LogP contribution >= 0.6 is 23.1 Å². The first-order valence-electron chi connectivity index (χ1n) is 9.76. The minimum atomic E-state index is -3.92. The quantitative estimate of drug-likeness (QED) is 0.560. The van der Waals surface area contributed by atoms with E-state index in [1.54, 1.807) is 4.90 Å². The number of hydrogen-bond donors (Lipinski definition) is 0. The van der Waals surface area contributed by atoms with Crippen LogP contribution in [0.3, 0.4) is 0 Å². The van der Waals surface area contributed by atoms with Crippen LogP contribution in [0.5, 0.6) is 0 Å². The van der Waals surface area contributed by atoms with E-state index >= 15 is 0 Å². The average Bonchev–Trinajstić information content (AvgIpc) is 3.27. The summed E-state index contributed by atoms with van der Waals surface area (Å²) in [6.07, 6.45) is 0. The number of nitrogens with zero attached hydrogens (tertiary/aromatic N) is 5. The predicted molar refractivity (Wildman–Crippen MR) is 115 cm³/mol. The van der Waals surface area contributed by atoms with E-state index in [4.69, 9.17) is 4.74 Å². The number of carbonyl (C=O) groups is 1. The predicted octanol–water partition coefficient (Wildman–Crippen LogP) is 1.14. The first-order chi connectivity index (χ1) is 14.9. The smallest absolute Gasteiger partial charge is 0.246 e. The molecule has 3 heterocycles. The second-order valence-corrected chi connectivity index (χ2v) is 11.0. The second-order valence-electron chi connectivity index (χ2n) is 6.95. The molecule has 2 fully saturated rings. The van der Waals surface area contributed by atoms with E-state index in [-0.39, 0.29) is 42.7 Å². The SMILES string of the molecule is O=C(CSc1nnc(N2CCOCC2)s1)N1CCN(S(=O)(=O)c2ccccc2F)CC1. The van der Waals surface area contributed by atoms with Gasteiger partial charge in [-0.2, -0.15) is 4.31 Å². The van der Waals surface area contributed by atoms with Crippen molar-refractivity contribution in [2.75, 3.05) is 63.1 Å². The van der Waals surface area contributed by atoms with Gasteiger partial charge in [0.05, 0.1) is 19.0 Å². The number of ether oxygens (including phenoxy) is 1.